The minimum absolute atomic E-state index is 0. The highest BCUT2D eigenvalue weighted by Crippen LogP contribution is 2.19. The summed E-state index contributed by atoms with van der Waals surface area (Å²) in [4.78, 5) is 8.63. The summed E-state index contributed by atoms with van der Waals surface area (Å²) in [6, 6.07) is 6.17. The van der Waals surface area contributed by atoms with Crippen LogP contribution in [0.4, 0.5) is 0 Å². The molecule has 1 aromatic carbocycles. The predicted molar refractivity (Wildman–Crippen MR) is 118 cm³/mol. The minimum atomic E-state index is 0. The van der Waals surface area contributed by atoms with Gasteiger partial charge in [-0.2, -0.15) is 4.98 Å². The van der Waals surface area contributed by atoms with Crippen LogP contribution in [0, 0.1) is 6.92 Å². The van der Waals surface area contributed by atoms with Crippen LogP contribution >= 0.6 is 24.0 Å². The molecule has 0 aliphatic carbocycles. The van der Waals surface area contributed by atoms with Crippen LogP contribution in [0.3, 0.4) is 0 Å². The number of methoxy groups -OCH3 is 1. The van der Waals surface area contributed by atoms with Crippen LogP contribution in [0.1, 0.15) is 49.0 Å². The fraction of sp³-hybridized carbons (Fsp3) is 0.526. The Morgan fingerprint density at radius 3 is 2.70 bits per heavy atom. The zero-order valence-electron chi connectivity index (χ0n) is 16.7. The molecule has 1 aromatic heterocycles. The second kappa shape index (κ2) is 11.8. The Balaban J connectivity index is 0.00000364. The zero-order valence-corrected chi connectivity index (χ0v) is 19.0. The van der Waals surface area contributed by atoms with Crippen molar-refractivity contribution in [2.24, 2.45) is 4.99 Å². The van der Waals surface area contributed by atoms with Crippen LogP contribution < -0.4 is 15.4 Å². The number of hydrogen-bond acceptors (Lipinski definition) is 5. The van der Waals surface area contributed by atoms with E-state index < -0.39 is 0 Å². The lowest BCUT2D eigenvalue weighted by atomic mass is 10.1. The largest absolute Gasteiger partial charge is 0.496 e. The summed E-state index contributed by atoms with van der Waals surface area (Å²) >= 11 is 0. The van der Waals surface area contributed by atoms with E-state index in [4.69, 9.17) is 9.26 Å². The normalized spacial score (nSPS) is 11.3. The van der Waals surface area contributed by atoms with Gasteiger partial charge < -0.3 is 19.9 Å². The van der Waals surface area contributed by atoms with Crippen molar-refractivity contribution >= 4 is 29.9 Å². The molecule has 2 aromatic rings. The molecule has 1 heterocycles. The molecule has 0 radical (unpaired) electrons. The molecule has 0 fully saturated rings. The average Bonchev–Trinajstić information content (AvgIpc) is 3.11. The molecule has 8 heteroatoms. The number of ether oxygens (including phenoxy) is 1. The van der Waals surface area contributed by atoms with Gasteiger partial charge >= 0.3 is 0 Å². The molecule has 0 bridgehead atoms. The number of aromatic nitrogens is 2. The first-order valence-electron chi connectivity index (χ1n) is 8.94. The number of halogens is 1. The summed E-state index contributed by atoms with van der Waals surface area (Å²) in [6.07, 6.45) is 1.63. The molecule has 0 saturated heterocycles. The quantitative estimate of drug-likeness (QED) is 0.257. The number of nitrogens with zero attached hydrogens (tertiary/aromatic N) is 3. The topological polar surface area (TPSA) is 84.6 Å². The molecular formula is C19H30IN5O2. The fourth-order valence-corrected chi connectivity index (χ4v) is 2.45. The van der Waals surface area contributed by atoms with Gasteiger partial charge in [-0.15, -0.1) is 24.0 Å². The van der Waals surface area contributed by atoms with Gasteiger partial charge in [-0.1, -0.05) is 31.1 Å². The van der Waals surface area contributed by atoms with Gasteiger partial charge in [-0.25, -0.2) is 0 Å². The number of aliphatic imine (C=N–C) groups is 1. The Bertz CT molecular complexity index is 731. The maximum Gasteiger partial charge on any atom is 0.226 e. The van der Waals surface area contributed by atoms with Crippen molar-refractivity contribution in [2.45, 2.75) is 46.1 Å². The number of nitrogens with one attached hydrogen (secondary N) is 2. The SMILES string of the molecule is CN=C(NCCCc1nc(C(C)C)no1)NCc1ccc(C)cc1OC.I. The van der Waals surface area contributed by atoms with Crippen molar-refractivity contribution in [3.05, 3.63) is 41.0 Å². The lowest BCUT2D eigenvalue weighted by Crippen LogP contribution is -2.37. The van der Waals surface area contributed by atoms with E-state index in [2.05, 4.69) is 51.7 Å². The molecule has 2 rings (SSSR count). The number of hydrogen-bond donors (Lipinski definition) is 2. The monoisotopic (exact) mass is 487 g/mol. The summed E-state index contributed by atoms with van der Waals surface area (Å²) in [7, 11) is 3.45. The molecule has 0 saturated carbocycles. The number of benzene rings is 1. The van der Waals surface area contributed by atoms with Crippen molar-refractivity contribution in [3.8, 4) is 5.75 Å². The molecule has 150 valence electrons. The smallest absolute Gasteiger partial charge is 0.226 e. The van der Waals surface area contributed by atoms with Crippen LogP contribution in [0.2, 0.25) is 0 Å². The molecule has 0 unspecified atom stereocenters. The van der Waals surface area contributed by atoms with Gasteiger partial charge in [0.1, 0.15) is 5.75 Å². The summed E-state index contributed by atoms with van der Waals surface area (Å²) in [6.45, 7) is 7.56. The summed E-state index contributed by atoms with van der Waals surface area (Å²) in [5, 5.41) is 10.6. The number of rotatable bonds is 8. The van der Waals surface area contributed by atoms with Crippen LogP contribution in [0.5, 0.6) is 5.75 Å². The first-order valence-corrected chi connectivity index (χ1v) is 8.94. The average molecular weight is 487 g/mol. The van der Waals surface area contributed by atoms with Crippen molar-refractivity contribution in [1.29, 1.82) is 0 Å². The maximum atomic E-state index is 5.43. The molecule has 0 amide bonds. The van der Waals surface area contributed by atoms with Crippen LogP contribution in [0.25, 0.3) is 0 Å². The molecular weight excluding hydrogens is 457 g/mol. The lowest BCUT2D eigenvalue weighted by molar-refractivity contribution is 0.368. The lowest BCUT2D eigenvalue weighted by Gasteiger charge is -2.14. The van der Waals surface area contributed by atoms with E-state index in [-0.39, 0.29) is 29.9 Å². The van der Waals surface area contributed by atoms with E-state index in [1.165, 1.54) is 5.56 Å². The second-order valence-electron chi connectivity index (χ2n) is 6.47. The Labute approximate surface area is 178 Å². The first-order chi connectivity index (χ1) is 12.5. The van der Waals surface area contributed by atoms with E-state index >= 15 is 0 Å². The van der Waals surface area contributed by atoms with Gasteiger partial charge in [0, 0.05) is 38.0 Å². The molecule has 0 spiro atoms. The molecule has 2 N–H and O–H groups in total. The highest BCUT2D eigenvalue weighted by Gasteiger charge is 2.09. The highest BCUT2D eigenvalue weighted by molar-refractivity contribution is 14.0. The minimum Gasteiger partial charge on any atom is -0.496 e. The van der Waals surface area contributed by atoms with Crippen molar-refractivity contribution in [2.75, 3.05) is 20.7 Å². The molecule has 0 aliphatic rings. The summed E-state index contributed by atoms with van der Waals surface area (Å²) in [5.74, 6) is 3.36. The third kappa shape index (κ3) is 7.36. The second-order valence-corrected chi connectivity index (χ2v) is 6.47. The van der Waals surface area contributed by atoms with E-state index in [1.807, 2.05) is 13.0 Å². The Kier molecular flexibility index (Phi) is 10.1. The van der Waals surface area contributed by atoms with E-state index in [1.54, 1.807) is 14.2 Å². The Morgan fingerprint density at radius 2 is 2.07 bits per heavy atom. The van der Waals surface area contributed by atoms with Crippen LogP contribution in [0.15, 0.2) is 27.7 Å². The van der Waals surface area contributed by atoms with Crippen molar-refractivity contribution in [3.63, 3.8) is 0 Å². The third-order valence-corrected chi connectivity index (χ3v) is 3.97. The van der Waals surface area contributed by atoms with Crippen LogP contribution in [-0.2, 0) is 13.0 Å². The summed E-state index contributed by atoms with van der Waals surface area (Å²) < 4.78 is 10.7. The van der Waals surface area contributed by atoms with Gasteiger partial charge in [0.25, 0.3) is 0 Å². The molecule has 0 atom stereocenters. The van der Waals surface area contributed by atoms with Crippen LogP contribution in [-0.4, -0.2) is 36.8 Å². The first kappa shape index (κ1) is 23.2. The molecule has 0 aliphatic heterocycles. The summed E-state index contributed by atoms with van der Waals surface area (Å²) in [5.41, 5.74) is 2.27. The molecule has 27 heavy (non-hydrogen) atoms. The number of guanidine groups is 1. The van der Waals surface area contributed by atoms with Crippen molar-refractivity contribution < 1.29 is 9.26 Å². The van der Waals surface area contributed by atoms with Crippen molar-refractivity contribution in [1.82, 2.24) is 20.8 Å². The van der Waals surface area contributed by atoms with E-state index in [0.717, 1.165) is 42.5 Å². The Morgan fingerprint density at radius 1 is 1.30 bits per heavy atom. The van der Waals surface area contributed by atoms with E-state index in [0.29, 0.717) is 12.4 Å². The Hall–Kier alpha value is -1.84. The fourth-order valence-electron chi connectivity index (χ4n) is 2.45. The third-order valence-electron chi connectivity index (χ3n) is 3.97. The van der Waals surface area contributed by atoms with Gasteiger partial charge in [0.2, 0.25) is 5.89 Å². The zero-order chi connectivity index (χ0) is 18.9. The van der Waals surface area contributed by atoms with Gasteiger partial charge in [0.05, 0.1) is 7.11 Å². The molecule has 7 nitrogen and oxygen atoms in total. The van der Waals surface area contributed by atoms with Gasteiger partial charge in [0.15, 0.2) is 11.8 Å². The van der Waals surface area contributed by atoms with Gasteiger partial charge in [-0.3, -0.25) is 4.99 Å². The standard InChI is InChI=1S/C19H29N5O2.HI/c1-13(2)18-23-17(26-24-18)7-6-10-21-19(20-4)22-12-15-9-8-14(3)11-16(15)25-5;/h8-9,11,13H,6-7,10,12H2,1-5H3,(H2,20,21,22);1H. The highest BCUT2D eigenvalue weighted by atomic mass is 127. The maximum absolute atomic E-state index is 5.43. The van der Waals surface area contributed by atoms with Gasteiger partial charge in [-0.05, 0) is 25.0 Å². The predicted octanol–water partition coefficient (Wildman–Crippen LogP) is 3.43. The van der Waals surface area contributed by atoms with E-state index in [9.17, 15) is 0 Å². The number of aryl methyl sites for hydroxylation is 2.